The minimum absolute atomic E-state index is 0.0158. The topological polar surface area (TPSA) is 67.2 Å². The second-order valence-electron chi connectivity index (χ2n) is 7.09. The fraction of sp³-hybridized carbons (Fsp3) is 0.526. The standard InChI is InChI=1S/C19H24N4O2S/c1-13(24)22-7-4-8-23-16(12-22)10-15(21-23)11-20-19(25)18-9-14-5-2-3-6-17(14)26-18/h9-10H,2-8,11-12H2,1H3,(H,20,25). The SMILES string of the molecule is CC(=O)N1CCCn2nc(CNC(=O)c3cc4c(s3)CCCC4)cc2C1. The van der Waals surface area contributed by atoms with Crippen molar-refractivity contribution in [1.82, 2.24) is 20.0 Å². The number of hydrogen-bond donors (Lipinski definition) is 1. The Morgan fingerprint density at radius 2 is 2.04 bits per heavy atom. The van der Waals surface area contributed by atoms with Crippen molar-refractivity contribution < 1.29 is 9.59 Å². The summed E-state index contributed by atoms with van der Waals surface area (Å²) in [4.78, 5) is 28.2. The first-order chi connectivity index (χ1) is 12.6. The zero-order valence-electron chi connectivity index (χ0n) is 15.1. The predicted octanol–water partition coefficient (Wildman–Crippen LogP) is 2.51. The third-order valence-corrected chi connectivity index (χ3v) is 6.40. The van der Waals surface area contributed by atoms with Crippen LogP contribution in [0.1, 0.15) is 57.7 Å². The highest BCUT2D eigenvalue weighted by Gasteiger charge is 2.20. The Morgan fingerprint density at radius 1 is 1.19 bits per heavy atom. The number of rotatable bonds is 3. The number of carbonyl (C=O) groups excluding carboxylic acids is 2. The molecule has 0 bridgehead atoms. The highest BCUT2D eigenvalue weighted by Crippen LogP contribution is 2.29. The molecule has 3 heterocycles. The Hall–Kier alpha value is -2.15. The Bertz CT molecular complexity index is 815. The number of nitrogens with one attached hydrogen (secondary N) is 1. The van der Waals surface area contributed by atoms with Crippen LogP contribution in [0.4, 0.5) is 0 Å². The molecule has 0 aromatic carbocycles. The molecule has 138 valence electrons. The van der Waals surface area contributed by atoms with E-state index in [0.717, 1.165) is 48.6 Å². The molecule has 0 atom stereocenters. The van der Waals surface area contributed by atoms with Gasteiger partial charge in [0.15, 0.2) is 0 Å². The average molecular weight is 372 g/mol. The number of aryl methyl sites for hydroxylation is 3. The van der Waals surface area contributed by atoms with Crippen LogP contribution >= 0.6 is 11.3 Å². The molecule has 1 aliphatic heterocycles. The fourth-order valence-electron chi connectivity index (χ4n) is 3.74. The lowest BCUT2D eigenvalue weighted by Gasteiger charge is -2.17. The van der Waals surface area contributed by atoms with Crippen molar-refractivity contribution >= 4 is 23.2 Å². The summed E-state index contributed by atoms with van der Waals surface area (Å²) in [5.74, 6) is 0.0779. The highest BCUT2D eigenvalue weighted by molar-refractivity contribution is 7.14. The maximum absolute atomic E-state index is 12.5. The minimum atomic E-state index is -0.0158. The normalized spacial score (nSPS) is 16.6. The molecular weight excluding hydrogens is 348 g/mol. The van der Waals surface area contributed by atoms with Crippen LogP contribution in [0.15, 0.2) is 12.1 Å². The second-order valence-corrected chi connectivity index (χ2v) is 8.23. The van der Waals surface area contributed by atoms with Gasteiger partial charge in [-0.05, 0) is 49.8 Å². The lowest BCUT2D eigenvalue weighted by Crippen LogP contribution is -2.28. The van der Waals surface area contributed by atoms with Crippen LogP contribution < -0.4 is 5.32 Å². The van der Waals surface area contributed by atoms with Crippen molar-refractivity contribution in [2.45, 2.75) is 58.7 Å². The van der Waals surface area contributed by atoms with Gasteiger partial charge in [0.05, 0.1) is 29.4 Å². The van der Waals surface area contributed by atoms with E-state index in [2.05, 4.69) is 16.5 Å². The molecule has 1 N–H and O–H groups in total. The number of aromatic nitrogens is 2. The molecule has 2 amide bonds. The van der Waals surface area contributed by atoms with Gasteiger partial charge in [0, 0.05) is 24.9 Å². The highest BCUT2D eigenvalue weighted by atomic mass is 32.1. The van der Waals surface area contributed by atoms with Crippen molar-refractivity contribution in [3.05, 3.63) is 38.8 Å². The predicted molar refractivity (Wildman–Crippen MR) is 100 cm³/mol. The molecule has 6 nitrogen and oxygen atoms in total. The third-order valence-electron chi connectivity index (χ3n) is 5.16. The molecule has 4 rings (SSSR count). The maximum Gasteiger partial charge on any atom is 0.261 e. The van der Waals surface area contributed by atoms with Gasteiger partial charge >= 0.3 is 0 Å². The fourth-order valence-corrected chi connectivity index (χ4v) is 4.91. The molecule has 2 aromatic rings. The van der Waals surface area contributed by atoms with E-state index in [0.29, 0.717) is 13.1 Å². The molecule has 0 fully saturated rings. The van der Waals surface area contributed by atoms with E-state index in [9.17, 15) is 9.59 Å². The Labute approximate surface area is 157 Å². The van der Waals surface area contributed by atoms with E-state index in [1.54, 1.807) is 18.3 Å². The van der Waals surface area contributed by atoms with Crippen molar-refractivity contribution in [1.29, 1.82) is 0 Å². The zero-order chi connectivity index (χ0) is 18.1. The summed E-state index contributed by atoms with van der Waals surface area (Å²) in [5.41, 5.74) is 3.23. The molecule has 2 aromatic heterocycles. The average Bonchev–Trinajstić information content (AvgIpc) is 3.17. The largest absolute Gasteiger partial charge is 0.346 e. The van der Waals surface area contributed by atoms with Gasteiger partial charge < -0.3 is 10.2 Å². The van der Waals surface area contributed by atoms with Gasteiger partial charge in [-0.2, -0.15) is 5.10 Å². The van der Waals surface area contributed by atoms with Crippen LogP contribution in [0.3, 0.4) is 0 Å². The minimum Gasteiger partial charge on any atom is -0.346 e. The van der Waals surface area contributed by atoms with E-state index >= 15 is 0 Å². The molecule has 0 spiro atoms. The summed E-state index contributed by atoms with van der Waals surface area (Å²) in [5, 5.41) is 7.60. The number of hydrogen-bond acceptors (Lipinski definition) is 4. The van der Waals surface area contributed by atoms with E-state index in [1.165, 1.54) is 23.3 Å². The van der Waals surface area contributed by atoms with Crippen molar-refractivity contribution in [2.24, 2.45) is 0 Å². The van der Waals surface area contributed by atoms with Gasteiger partial charge in [0.2, 0.25) is 5.91 Å². The summed E-state index contributed by atoms with van der Waals surface area (Å²) in [6.45, 7) is 4.20. The molecule has 0 saturated carbocycles. The number of nitrogens with zero attached hydrogens (tertiary/aromatic N) is 3. The second kappa shape index (κ2) is 7.23. The first-order valence-corrected chi connectivity index (χ1v) is 10.1. The van der Waals surface area contributed by atoms with Crippen molar-refractivity contribution in [3.8, 4) is 0 Å². The van der Waals surface area contributed by atoms with Gasteiger partial charge in [-0.3, -0.25) is 14.3 Å². The molecule has 2 aliphatic rings. The lowest BCUT2D eigenvalue weighted by molar-refractivity contribution is -0.129. The summed E-state index contributed by atoms with van der Waals surface area (Å²) < 4.78 is 1.97. The van der Waals surface area contributed by atoms with E-state index in [4.69, 9.17) is 0 Å². The summed E-state index contributed by atoms with van der Waals surface area (Å²) in [7, 11) is 0. The molecule has 26 heavy (non-hydrogen) atoms. The van der Waals surface area contributed by atoms with Gasteiger partial charge in [-0.1, -0.05) is 0 Å². The first-order valence-electron chi connectivity index (χ1n) is 9.31. The molecule has 0 saturated heterocycles. The van der Waals surface area contributed by atoms with E-state index in [-0.39, 0.29) is 11.8 Å². The molecule has 0 unspecified atom stereocenters. The van der Waals surface area contributed by atoms with E-state index < -0.39 is 0 Å². The third kappa shape index (κ3) is 3.53. The van der Waals surface area contributed by atoms with Crippen LogP contribution in [0.2, 0.25) is 0 Å². The zero-order valence-corrected chi connectivity index (χ0v) is 15.9. The molecule has 1 aliphatic carbocycles. The van der Waals surface area contributed by atoms with Gasteiger partial charge in [0.25, 0.3) is 5.91 Å². The first kappa shape index (κ1) is 17.3. The van der Waals surface area contributed by atoms with Crippen LogP contribution in [0.25, 0.3) is 0 Å². The van der Waals surface area contributed by atoms with Crippen molar-refractivity contribution in [3.63, 3.8) is 0 Å². The number of carbonyl (C=O) groups is 2. The van der Waals surface area contributed by atoms with Crippen LogP contribution in [-0.2, 0) is 37.3 Å². The number of amides is 2. The monoisotopic (exact) mass is 372 g/mol. The Balaban J connectivity index is 1.41. The van der Waals surface area contributed by atoms with E-state index in [1.807, 2.05) is 15.6 Å². The van der Waals surface area contributed by atoms with Gasteiger partial charge in [-0.15, -0.1) is 11.3 Å². The van der Waals surface area contributed by atoms with Crippen molar-refractivity contribution in [2.75, 3.05) is 6.54 Å². The quantitative estimate of drug-likeness (QED) is 0.900. The molecular formula is C19H24N4O2S. The van der Waals surface area contributed by atoms with Gasteiger partial charge in [0.1, 0.15) is 0 Å². The molecule has 7 heteroatoms. The maximum atomic E-state index is 12.5. The number of fused-ring (bicyclic) bond motifs is 2. The summed E-state index contributed by atoms with van der Waals surface area (Å²) in [6, 6.07) is 4.06. The summed E-state index contributed by atoms with van der Waals surface area (Å²) in [6.07, 6.45) is 5.56. The van der Waals surface area contributed by atoms with Crippen LogP contribution in [-0.4, -0.2) is 33.0 Å². The smallest absolute Gasteiger partial charge is 0.261 e. The Morgan fingerprint density at radius 3 is 2.85 bits per heavy atom. The Kier molecular flexibility index (Phi) is 4.80. The number of thiophene rings is 1. The molecule has 0 radical (unpaired) electrons. The summed E-state index contributed by atoms with van der Waals surface area (Å²) >= 11 is 1.63. The van der Waals surface area contributed by atoms with Crippen LogP contribution in [0, 0.1) is 0 Å². The van der Waals surface area contributed by atoms with Crippen LogP contribution in [0.5, 0.6) is 0 Å². The lowest BCUT2D eigenvalue weighted by atomic mass is 9.99. The van der Waals surface area contributed by atoms with Gasteiger partial charge in [-0.25, -0.2) is 0 Å².